The van der Waals surface area contributed by atoms with Gasteiger partial charge >= 0.3 is 6.18 Å². The molecule has 1 N–H and O–H groups in total. The minimum absolute atomic E-state index is 0.0194. The summed E-state index contributed by atoms with van der Waals surface area (Å²) in [6.45, 7) is 1.74. The van der Waals surface area contributed by atoms with Gasteiger partial charge in [-0.05, 0) is 36.8 Å². The number of anilines is 1. The van der Waals surface area contributed by atoms with Crippen molar-refractivity contribution in [3.05, 3.63) is 59.1 Å². The summed E-state index contributed by atoms with van der Waals surface area (Å²) in [5, 5.41) is 2.42. The van der Waals surface area contributed by atoms with Gasteiger partial charge < -0.3 is 10.1 Å². The first-order valence-electron chi connectivity index (χ1n) is 7.20. The number of alkyl halides is 3. The summed E-state index contributed by atoms with van der Waals surface area (Å²) in [6.07, 6.45) is -5.02. The van der Waals surface area contributed by atoms with Gasteiger partial charge in [-0.3, -0.25) is 4.79 Å². The van der Waals surface area contributed by atoms with E-state index in [-0.39, 0.29) is 10.7 Å². The van der Waals surface area contributed by atoms with Gasteiger partial charge in [0.1, 0.15) is 5.75 Å². The summed E-state index contributed by atoms with van der Waals surface area (Å²) in [5.74, 6) is -0.0720. The van der Waals surface area contributed by atoms with Gasteiger partial charge in [0.05, 0.1) is 16.3 Å². The van der Waals surface area contributed by atoms with Crippen molar-refractivity contribution in [2.45, 2.75) is 25.6 Å². The van der Waals surface area contributed by atoms with Crippen molar-refractivity contribution in [3.8, 4) is 5.75 Å². The zero-order valence-corrected chi connectivity index (χ0v) is 13.5. The van der Waals surface area contributed by atoms with E-state index in [1.54, 1.807) is 37.3 Å². The molecule has 0 saturated carbocycles. The van der Waals surface area contributed by atoms with E-state index in [0.717, 1.165) is 18.2 Å². The molecule has 0 spiro atoms. The maximum Gasteiger partial charge on any atom is 0.416 e. The fraction of sp³-hybridized carbons (Fsp3) is 0.235. The number of rotatable bonds is 5. The Balaban J connectivity index is 2.15. The molecule has 0 unspecified atom stereocenters. The predicted molar refractivity (Wildman–Crippen MR) is 86.2 cm³/mol. The minimum atomic E-state index is -4.52. The number of hydrogen-bond acceptors (Lipinski definition) is 2. The number of nitrogens with one attached hydrogen (secondary N) is 1. The van der Waals surface area contributed by atoms with Gasteiger partial charge in [-0.2, -0.15) is 13.2 Å². The van der Waals surface area contributed by atoms with Gasteiger partial charge in [-0.1, -0.05) is 36.7 Å². The molecule has 0 heterocycles. The van der Waals surface area contributed by atoms with E-state index in [1.165, 1.54) is 0 Å². The first kappa shape index (κ1) is 18.1. The van der Waals surface area contributed by atoms with Gasteiger partial charge in [-0.15, -0.1) is 0 Å². The molecule has 0 aliphatic heterocycles. The van der Waals surface area contributed by atoms with E-state index in [9.17, 15) is 18.0 Å². The number of halogens is 4. The topological polar surface area (TPSA) is 38.3 Å². The fourth-order valence-corrected chi connectivity index (χ4v) is 2.16. The molecule has 0 aliphatic carbocycles. The number of hydrogen-bond donors (Lipinski definition) is 1. The molecule has 7 heteroatoms. The summed E-state index contributed by atoms with van der Waals surface area (Å²) in [7, 11) is 0. The Kier molecular flexibility index (Phi) is 5.72. The molecule has 1 amide bonds. The molecule has 0 saturated heterocycles. The van der Waals surface area contributed by atoms with Crippen molar-refractivity contribution in [1.82, 2.24) is 0 Å². The Morgan fingerprint density at radius 1 is 1.21 bits per heavy atom. The number of carbonyl (C=O) groups is 1. The van der Waals surface area contributed by atoms with Crippen LogP contribution >= 0.6 is 11.6 Å². The maximum absolute atomic E-state index is 12.8. The molecule has 128 valence electrons. The Hall–Kier alpha value is -2.21. The first-order chi connectivity index (χ1) is 11.3. The van der Waals surface area contributed by atoms with Crippen LogP contribution in [0.15, 0.2) is 48.5 Å². The highest BCUT2D eigenvalue weighted by Crippen LogP contribution is 2.34. The second kappa shape index (κ2) is 7.57. The second-order valence-corrected chi connectivity index (χ2v) is 5.42. The zero-order valence-electron chi connectivity index (χ0n) is 12.7. The molecular weight excluding hydrogens is 343 g/mol. The molecule has 0 aliphatic rings. The van der Waals surface area contributed by atoms with Crippen LogP contribution in [0.2, 0.25) is 5.02 Å². The van der Waals surface area contributed by atoms with Crippen LogP contribution in [0.3, 0.4) is 0 Å². The number of benzene rings is 2. The monoisotopic (exact) mass is 357 g/mol. The average Bonchev–Trinajstić information content (AvgIpc) is 2.54. The third kappa shape index (κ3) is 4.64. The molecule has 24 heavy (non-hydrogen) atoms. The summed E-state index contributed by atoms with van der Waals surface area (Å²) in [6, 6.07) is 11.4. The van der Waals surface area contributed by atoms with E-state index in [1.807, 2.05) is 0 Å². The molecule has 2 aromatic carbocycles. The molecular formula is C17H15ClF3NO2. The molecule has 0 radical (unpaired) electrons. The van der Waals surface area contributed by atoms with Crippen LogP contribution in [0, 0.1) is 0 Å². The Bertz CT molecular complexity index is 705. The molecule has 0 bridgehead atoms. The summed E-state index contributed by atoms with van der Waals surface area (Å²) >= 11 is 5.88. The number of carbonyl (C=O) groups excluding carboxylic acids is 1. The van der Waals surface area contributed by atoms with E-state index >= 15 is 0 Å². The smallest absolute Gasteiger partial charge is 0.416 e. The Morgan fingerprint density at radius 2 is 1.88 bits per heavy atom. The van der Waals surface area contributed by atoms with Crippen LogP contribution in [0.4, 0.5) is 18.9 Å². The average molecular weight is 358 g/mol. The highest BCUT2D eigenvalue weighted by molar-refractivity contribution is 6.33. The maximum atomic E-state index is 12.8. The highest BCUT2D eigenvalue weighted by atomic mass is 35.5. The van der Waals surface area contributed by atoms with Gasteiger partial charge in [0, 0.05) is 0 Å². The standard InChI is InChI=1S/C17H15ClF3NO2/c1-2-15(24-12-6-4-3-5-7-12)16(23)22-14-10-11(17(19,20)21)8-9-13(14)18/h3-10,15H,2H2,1H3,(H,22,23)/t15-/m1/s1. The third-order valence-corrected chi connectivity index (χ3v) is 3.57. The van der Waals surface area contributed by atoms with Crippen molar-refractivity contribution in [3.63, 3.8) is 0 Å². The van der Waals surface area contributed by atoms with Crippen molar-refractivity contribution in [1.29, 1.82) is 0 Å². The van der Waals surface area contributed by atoms with Gasteiger partial charge in [0.2, 0.25) is 0 Å². The second-order valence-electron chi connectivity index (χ2n) is 5.01. The summed E-state index contributed by atoms with van der Waals surface area (Å²) < 4.78 is 43.9. The Morgan fingerprint density at radius 3 is 2.46 bits per heavy atom. The largest absolute Gasteiger partial charge is 0.481 e. The van der Waals surface area contributed by atoms with Crippen molar-refractivity contribution >= 4 is 23.2 Å². The lowest BCUT2D eigenvalue weighted by Crippen LogP contribution is -2.32. The lowest BCUT2D eigenvalue weighted by molar-refractivity contribution is -0.137. The number of ether oxygens (including phenoxy) is 1. The minimum Gasteiger partial charge on any atom is -0.481 e. The summed E-state index contributed by atoms with van der Waals surface area (Å²) in [5.41, 5.74) is -0.995. The SMILES string of the molecule is CC[C@@H](Oc1ccccc1)C(=O)Nc1cc(C(F)(F)F)ccc1Cl. The molecule has 2 aromatic rings. The highest BCUT2D eigenvalue weighted by Gasteiger charge is 2.31. The molecule has 1 atom stereocenters. The van der Waals surface area contributed by atoms with Crippen LogP contribution in [0.25, 0.3) is 0 Å². The number of para-hydroxylation sites is 1. The molecule has 3 nitrogen and oxygen atoms in total. The van der Waals surface area contributed by atoms with Crippen molar-refractivity contribution in [2.75, 3.05) is 5.32 Å². The molecule has 0 fully saturated rings. The van der Waals surface area contributed by atoms with Crippen LogP contribution in [0.5, 0.6) is 5.75 Å². The van der Waals surface area contributed by atoms with Gasteiger partial charge in [-0.25, -0.2) is 0 Å². The lowest BCUT2D eigenvalue weighted by atomic mass is 10.1. The van der Waals surface area contributed by atoms with E-state index in [2.05, 4.69) is 5.32 Å². The van der Waals surface area contributed by atoms with E-state index in [0.29, 0.717) is 12.2 Å². The van der Waals surface area contributed by atoms with Crippen LogP contribution in [-0.2, 0) is 11.0 Å². The number of amides is 1. The molecule has 2 rings (SSSR count). The quantitative estimate of drug-likeness (QED) is 0.803. The third-order valence-electron chi connectivity index (χ3n) is 3.24. The normalized spacial score (nSPS) is 12.5. The lowest BCUT2D eigenvalue weighted by Gasteiger charge is -2.18. The van der Waals surface area contributed by atoms with Crippen LogP contribution in [0.1, 0.15) is 18.9 Å². The fourth-order valence-electron chi connectivity index (χ4n) is 2.00. The van der Waals surface area contributed by atoms with Gasteiger partial charge in [0.15, 0.2) is 6.10 Å². The van der Waals surface area contributed by atoms with Crippen molar-refractivity contribution < 1.29 is 22.7 Å². The van der Waals surface area contributed by atoms with Crippen LogP contribution in [-0.4, -0.2) is 12.0 Å². The molecule has 0 aromatic heterocycles. The zero-order chi connectivity index (χ0) is 17.7. The summed E-state index contributed by atoms with van der Waals surface area (Å²) in [4.78, 5) is 12.3. The Labute approximate surface area is 142 Å². The predicted octanol–water partition coefficient (Wildman–Crippen LogP) is 5.15. The van der Waals surface area contributed by atoms with Gasteiger partial charge in [0.25, 0.3) is 5.91 Å². The first-order valence-corrected chi connectivity index (χ1v) is 7.58. The van der Waals surface area contributed by atoms with Crippen LogP contribution < -0.4 is 10.1 Å². The van der Waals surface area contributed by atoms with E-state index < -0.39 is 23.8 Å². The van der Waals surface area contributed by atoms with Crippen molar-refractivity contribution in [2.24, 2.45) is 0 Å². The van der Waals surface area contributed by atoms with E-state index in [4.69, 9.17) is 16.3 Å².